The summed E-state index contributed by atoms with van der Waals surface area (Å²) in [4.78, 5) is 10.8. The summed E-state index contributed by atoms with van der Waals surface area (Å²) in [5.41, 5.74) is 0.432. The molecule has 0 radical (unpaired) electrons. The minimum Gasteiger partial charge on any atom is -0.491 e. The van der Waals surface area contributed by atoms with Crippen molar-refractivity contribution in [3.05, 3.63) is 28.8 Å². The van der Waals surface area contributed by atoms with Crippen molar-refractivity contribution in [3.63, 3.8) is 0 Å². The number of carboxylic acid groups (broad SMARTS) is 1. The highest BCUT2D eigenvalue weighted by atomic mass is 35.5. The van der Waals surface area contributed by atoms with Gasteiger partial charge < -0.3 is 14.9 Å². The summed E-state index contributed by atoms with van der Waals surface area (Å²) >= 11 is 5.85. The third kappa shape index (κ3) is 1.66. The van der Waals surface area contributed by atoms with Gasteiger partial charge in [0.25, 0.3) is 0 Å². The number of para-hydroxylation sites is 1. The molecule has 0 saturated heterocycles. The van der Waals surface area contributed by atoms with Crippen molar-refractivity contribution in [2.75, 3.05) is 6.61 Å². The fourth-order valence-electron chi connectivity index (χ4n) is 1.60. The molecule has 0 spiro atoms. The van der Waals surface area contributed by atoms with Crippen LogP contribution in [0.1, 0.15) is 11.7 Å². The van der Waals surface area contributed by atoms with Crippen LogP contribution in [0.2, 0.25) is 5.02 Å². The number of fused-ring (bicyclic) bond motifs is 1. The van der Waals surface area contributed by atoms with Crippen molar-refractivity contribution in [1.29, 1.82) is 0 Å². The van der Waals surface area contributed by atoms with E-state index in [1.165, 1.54) is 0 Å². The minimum absolute atomic E-state index is 0.0623. The van der Waals surface area contributed by atoms with E-state index < -0.39 is 18.0 Å². The zero-order valence-electron chi connectivity index (χ0n) is 7.68. The lowest BCUT2D eigenvalue weighted by Crippen LogP contribution is -2.32. The first-order valence-corrected chi connectivity index (χ1v) is 4.81. The van der Waals surface area contributed by atoms with Crippen molar-refractivity contribution in [2.24, 2.45) is 5.92 Å². The van der Waals surface area contributed by atoms with Gasteiger partial charge in [-0.1, -0.05) is 23.7 Å². The van der Waals surface area contributed by atoms with Crippen molar-refractivity contribution >= 4 is 17.6 Å². The van der Waals surface area contributed by atoms with Gasteiger partial charge in [0.15, 0.2) is 0 Å². The summed E-state index contributed by atoms with van der Waals surface area (Å²) in [6, 6.07) is 4.90. The molecule has 2 atom stereocenters. The first-order chi connectivity index (χ1) is 7.11. The van der Waals surface area contributed by atoms with Crippen molar-refractivity contribution in [1.82, 2.24) is 0 Å². The average Bonchev–Trinajstić information content (AvgIpc) is 2.19. The SMILES string of the molecule is O=C(O)C1COc2c(Cl)cccc2C1O. The van der Waals surface area contributed by atoms with Crippen LogP contribution in [0.3, 0.4) is 0 Å². The normalized spacial score (nSPS) is 24.1. The maximum absolute atomic E-state index is 10.8. The maximum atomic E-state index is 10.8. The Balaban J connectivity index is 2.42. The number of ether oxygens (including phenoxy) is 1. The number of aliphatic carboxylic acids is 1. The number of aliphatic hydroxyl groups is 1. The predicted octanol–water partition coefficient (Wildman–Crippen LogP) is 1.47. The van der Waals surface area contributed by atoms with Crippen molar-refractivity contribution in [3.8, 4) is 5.75 Å². The lowest BCUT2D eigenvalue weighted by Gasteiger charge is -2.28. The quantitative estimate of drug-likeness (QED) is 0.764. The van der Waals surface area contributed by atoms with Gasteiger partial charge >= 0.3 is 5.97 Å². The molecule has 1 aliphatic heterocycles. The molecule has 4 nitrogen and oxygen atoms in total. The Hall–Kier alpha value is -1.26. The number of hydrogen-bond donors (Lipinski definition) is 2. The molecule has 0 bridgehead atoms. The number of carboxylic acids is 1. The summed E-state index contributed by atoms with van der Waals surface area (Å²) in [7, 11) is 0. The first-order valence-electron chi connectivity index (χ1n) is 4.43. The van der Waals surface area contributed by atoms with Gasteiger partial charge in [0.1, 0.15) is 18.3 Å². The lowest BCUT2D eigenvalue weighted by molar-refractivity contribution is -0.148. The predicted molar refractivity (Wildman–Crippen MR) is 53.0 cm³/mol. The number of benzene rings is 1. The van der Waals surface area contributed by atoms with Crippen LogP contribution >= 0.6 is 11.6 Å². The smallest absolute Gasteiger partial charge is 0.313 e. The van der Waals surface area contributed by atoms with E-state index >= 15 is 0 Å². The molecule has 1 heterocycles. The van der Waals surface area contributed by atoms with Crippen LogP contribution in [0.25, 0.3) is 0 Å². The number of aliphatic hydroxyl groups excluding tert-OH is 1. The third-order valence-electron chi connectivity index (χ3n) is 2.42. The summed E-state index contributed by atoms with van der Waals surface area (Å²) in [6.07, 6.45) is -1.06. The molecule has 0 fully saturated rings. The molecule has 2 rings (SSSR count). The van der Waals surface area contributed by atoms with Gasteiger partial charge in [-0.25, -0.2) is 0 Å². The summed E-state index contributed by atoms with van der Waals surface area (Å²) < 4.78 is 5.23. The molecule has 1 aromatic carbocycles. The largest absolute Gasteiger partial charge is 0.491 e. The van der Waals surface area contributed by atoms with E-state index in [1.807, 2.05) is 0 Å². The molecule has 0 amide bonds. The van der Waals surface area contributed by atoms with Crippen LogP contribution in [0, 0.1) is 5.92 Å². The second-order valence-corrected chi connectivity index (χ2v) is 3.77. The molecular formula is C10H9ClO4. The molecule has 5 heteroatoms. The molecule has 0 aromatic heterocycles. The van der Waals surface area contributed by atoms with Crippen LogP contribution in [-0.2, 0) is 4.79 Å². The standard InChI is InChI=1S/C10H9ClO4/c11-7-3-1-2-5-8(12)6(10(13)14)4-15-9(5)7/h1-3,6,8,12H,4H2,(H,13,14). The summed E-state index contributed by atoms with van der Waals surface area (Å²) in [5, 5.41) is 19.0. The second kappa shape index (κ2) is 3.72. The van der Waals surface area contributed by atoms with E-state index in [4.69, 9.17) is 21.4 Å². The fourth-order valence-corrected chi connectivity index (χ4v) is 1.83. The minimum atomic E-state index is -1.08. The molecule has 1 aromatic rings. The lowest BCUT2D eigenvalue weighted by atomic mass is 9.93. The zero-order valence-corrected chi connectivity index (χ0v) is 8.44. The topological polar surface area (TPSA) is 66.8 Å². The van der Waals surface area contributed by atoms with E-state index in [0.29, 0.717) is 16.3 Å². The summed E-state index contributed by atoms with van der Waals surface area (Å²) in [5.74, 6) is -1.63. The Morgan fingerprint density at radius 1 is 1.53 bits per heavy atom. The van der Waals surface area contributed by atoms with E-state index in [1.54, 1.807) is 18.2 Å². The molecule has 0 saturated carbocycles. The monoisotopic (exact) mass is 228 g/mol. The number of rotatable bonds is 1. The van der Waals surface area contributed by atoms with Crippen molar-refractivity contribution in [2.45, 2.75) is 6.10 Å². The number of halogens is 1. The second-order valence-electron chi connectivity index (χ2n) is 3.36. The van der Waals surface area contributed by atoms with Gasteiger partial charge in [-0.2, -0.15) is 0 Å². The van der Waals surface area contributed by atoms with Gasteiger partial charge in [0.05, 0.1) is 11.1 Å². The molecule has 2 unspecified atom stereocenters. The Bertz CT molecular complexity index is 404. The highest BCUT2D eigenvalue weighted by Gasteiger charge is 2.35. The number of carbonyl (C=O) groups is 1. The highest BCUT2D eigenvalue weighted by Crippen LogP contribution is 2.39. The molecular weight excluding hydrogens is 220 g/mol. The Morgan fingerprint density at radius 2 is 2.27 bits per heavy atom. The van der Waals surface area contributed by atoms with Gasteiger partial charge in [-0.05, 0) is 6.07 Å². The first kappa shape index (κ1) is 10.3. The summed E-state index contributed by atoms with van der Waals surface area (Å²) in [6.45, 7) is -0.0623. The van der Waals surface area contributed by atoms with Gasteiger partial charge in [-0.15, -0.1) is 0 Å². The third-order valence-corrected chi connectivity index (χ3v) is 2.72. The van der Waals surface area contributed by atoms with Crippen LogP contribution < -0.4 is 4.74 Å². The van der Waals surface area contributed by atoms with E-state index in [-0.39, 0.29) is 6.61 Å². The van der Waals surface area contributed by atoms with Gasteiger partial charge in [0, 0.05) is 5.56 Å². The Morgan fingerprint density at radius 3 is 2.93 bits per heavy atom. The Kier molecular flexibility index (Phi) is 2.54. The van der Waals surface area contributed by atoms with Crippen LogP contribution in [0.15, 0.2) is 18.2 Å². The van der Waals surface area contributed by atoms with Crippen molar-refractivity contribution < 1.29 is 19.7 Å². The van der Waals surface area contributed by atoms with E-state index in [0.717, 1.165) is 0 Å². The fraction of sp³-hybridized carbons (Fsp3) is 0.300. The van der Waals surface area contributed by atoms with E-state index in [2.05, 4.69) is 0 Å². The molecule has 1 aliphatic rings. The number of hydrogen-bond acceptors (Lipinski definition) is 3. The molecule has 15 heavy (non-hydrogen) atoms. The van der Waals surface area contributed by atoms with Crippen LogP contribution in [0.4, 0.5) is 0 Å². The van der Waals surface area contributed by atoms with Crippen LogP contribution in [0.5, 0.6) is 5.75 Å². The van der Waals surface area contributed by atoms with Gasteiger partial charge in [-0.3, -0.25) is 4.79 Å². The maximum Gasteiger partial charge on any atom is 0.313 e. The van der Waals surface area contributed by atoms with Gasteiger partial charge in [0.2, 0.25) is 0 Å². The molecule has 80 valence electrons. The van der Waals surface area contributed by atoms with E-state index in [9.17, 15) is 9.90 Å². The van der Waals surface area contributed by atoms with Crippen LogP contribution in [-0.4, -0.2) is 22.8 Å². The zero-order chi connectivity index (χ0) is 11.0. The molecule has 2 N–H and O–H groups in total. The Labute approximate surface area is 91.1 Å². The highest BCUT2D eigenvalue weighted by molar-refractivity contribution is 6.32. The molecule has 0 aliphatic carbocycles. The average molecular weight is 229 g/mol.